The second kappa shape index (κ2) is 7.61. The summed E-state index contributed by atoms with van der Waals surface area (Å²) in [7, 11) is 0. The number of ketones is 1. The first kappa shape index (κ1) is 17.9. The van der Waals surface area contributed by atoms with E-state index in [4.69, 9.17) is 4.74 Å². The third-order valence-corrected chi connectivity index (χ3v) is 4.94. The molecule has 0 saturated carbocycles. The predicted octanol–water partition coefficient (Wildman–Crippen LogP) is 4.26. The summed E-state index contributed by atoms with van der Waals surface area (Å²) in [5.41, 5.74) is 3.11. The first-order valence-electron chi connectivity index (χ1n) is 8.62. The molecule has 1 N–H and O–H groups in total. The molecule has 0 fully saturated rings. The summed E-state index contributed by atoms with van der Waals surface area (Å²) in [5.74, 6) is -0.104. The minimum atomic E-state index is -0.512. The Bertz CT molecular complexity index is 1150. The van der Waals surface area contributed by atoms with Crippen LogP contribution in [-0.2, 0) is 4.74 Å². The second-order valence-corrected chi connectivity index (χ2v) is 6.80. The molecule has 0 saturated heterocycles. The van der Waals surface area contributed by atoms with Crippen molar-refractivity contribution in [1.82, 2.24) is 14.6 Å². The van der Waals surface area contributed by atoms with Gasteiger partial charge in [0.1, 0.15) is 0 Å². The highest BCUT2D eigenvalue weighted by molar-refractivity contribution is 7.12. The van der Waals surface area contributed by atoms with Crippen LogP contribution in [0.1, 0.15) is 22.2 Å². The van der Waals surface area contributed by atoms with Gasteiger partial charge in [-0.2, -0.15) is 5.10 Å². The zero-order valence-electron chi connectivity index (χ0n) is 15.0. The maximum Gasteiger partial charge on any atom is 0.411 e. The van der Waals surface area contributed by atoms with Crippen molar-refractivity contribution >= 4 is 34.5 Å². The van der Waals surface area contributed by atoms with Crippen molar-refractivity contribution in [3.8, 4) is 11.3 Å². The van der Waals surface area contributed by atoms with Gasteiger partial charge in [-0.15, -0.1) is 11.3 Å². The molecule has 0 aliphatic rings. The van der Waals surface area contributed by atoms with Crippen LogP contribution < -0.4 is 5.32 Å². The fourth-order valence-electron chi connectivity index (χ4n) is 2.85. The number of nitrogens with zero attached hydrogens (tertiary/aromatic N) is 3. The Hall–Kier alpha value is -3.52. The van der Waals surface area contributed by atoms with Crippen molar-refractivity contribution in [2.45, 2.75) is 6.92 Å². The van der Waals surface area contributed by atoms with Gasteiger partial charge in [0.15, 0.2) is 5.65 Å². The van der Waals surface area contributed by atoms with E-state index in [1.54, 1.807) is 29.8 Å². The number of benzene rings is 1. The van der Waals surface area contributed by atoms with Crippen molar-refractivity contribution in [3.63, 3.8) is 0 Å². The number of rotatable bonds is 5. The molecule has 3 heterocycles. The molecule has 0 aliphatic heterocycles. The Morgan fingerprint density at radius 3 is 2.89 bits per heavy atom. The molecule has 0 aliphatic carbocycles. The Morgan fingerprint density at radius 2 is 2.11 bits per heavy atom. The molecule has 1 aromatic carbocycles. The number of hydrogen-bond donors (Lipinski definition) is 1. The zero-order valence-corrected chi connectivity index (χ0v) is 15.8. The largest absolute Gasteiger partial charge is 0.450 e. The van der Waals surface area contributed by atoms with E-state index in [2.05, 4.69) is 15.4 Å². The van der Waals surface area contributed by atoms with Crippen LogP contribution >= 0.6 is 11.3 Å². The van der Waals surface area contributed by atoms with E-state index in [0.717, 1.165) is 11.3 Å². The van der Waals surface area contributed by atoms with Gasteiger partial charge in [-0.25, -0.2) is 14.3 Å². The van der Waals surface area contributed by atoms with Crippen LogP contribution in [-0.4, -0.2) is 33.1 Å². The normalized spacial score (nSPS) is 10.8. The van der Waals surface area contributed by atoms with Crippen molar-refractivity contribution in [2.24, 2.45) is 0 Å². The molecule has 0 atom stereocenters. The zero-order chi connectivity index (χ0) is 19.5. The van der Waals surface area contributed by atoms with Crippen molar-refractivity contribution in [3.05, 3.63) is 70.7 Å². The smallest absolute Gasteiger partial charge is 0.411 e. The van der Waals surface area contributed by atoms with Gasteiger partial charge >= 0.3 is 6.09 Å². The van der Waals surface area contributed by atoms with Gasteiger partial charge in [0, 0.05) is 17.4 Å². The number of nitrogens with one attached hydrogen (secondary N) is 1. The van der Waals surface area contributed by atoms with Gasteiger partial charge in [-0.1, -0.05) is 18.2 Å². The number of fused-ring (bicyclic) bond motifs is 1. The Morgan fingerprint density at radius 1 is 1.21 bits per heavy atom. The number of thiophene rings is 1. The highest BCUT2D eigenvalue weighted by Gasteiger charge is 2.18. The molecular formula is C20H16N4O3S. The lowest BCUT2D eigenvalue weighted by Crippen LogP contribution is -2.13. The van der Waals surface area contributed by atoms with Gasteiger partial charge < -0.3 is 4.74 Å². The number of hydrogen-bond acceptors (Lipinski definition) is 6. The lowest BCUT2D eigenvalue weighted by molar-refractivity contribution is 0.104. The summed E-state index contributed by atoms with van der Waals surface area (Å²) in [6.45, 7) is 2.04. The van der Waals surface area contributed by atoms with Crippen LogP contribution in [0.2, 0.25) is 0 Å². The summed E-state index contributed by atoms with van der Waals surface area (Å²) in [4.78, 5) is 29.4. The molecule has 28 heavy (non-hydrogen) atoms. The monoisotopic (exact) mass is 392 g/mol. The molecule has 8 heteroatoms. The summed E-state index contributed by atoms with van der Waals surface area (Å²) in [5, 5.41) is 8.92. The van der Waals surface area contributed by atoms with Crippen molar-refractivity contribution < 1.29 is 14.3 Å². The summed E-state index contributed by atoms with van der Waals surface area (Å²) in [6, 6.07) is 12.7. The quantitative estimate of drug-likeness (QED) is 0.513. The molecule has 0 radical (unpaired) electrons. The van der Waals surface area contributed by atoms with E-state index in [1.807, 2.05) is 35.7 Å². The number of carbonyl (C=O) groups excluding carboxylic acids is 2. The third kappa shape index (κ3) is 3.37. The maximum absolute atomic E-state index is 12.7. The van der Waals surface area contributed by atoms with Gasteiger partial charge in [0.2, 0.25) is 5.78 Å². The molecule has 4 aromatic rings. The highest BCUT2D eigenvalue weighted by Crippen LogP contribution is 2.25. The topological polar surface area (TPSA) is 85.6 Å². The molecule has 3 aromatic heterocycles. The molecule has 0 spiro atoms. The third-order valence-electron chi connectivity index (χ3n) is 4.07. The minimum Gasteiger partial charge on any atom is -0.450 e. The molecule has 1 amide bonds. The van der Waals surface area contributed by atoms with Gasteiger partial charge in [0.25, 0.3) is 0 Å². The number of anilines is 1. The Balaban J connectivity index is 1.72. The standard InChI is InChI=1S/C20H16N4O3S/c1-2-27-20(26)23-14-6-3-5-13(11-14)16-8-9-21-19-15(12-22-24(16)19)18(25)17-7-4-10-28-17/h3-12H,2H2,1H3,(H,23,26). The first-order valence-corrected chi connectivity index (χ1v) is 9.50. The van der Waals surface area contributed by atoms with Gasteiger partial charge in [-0.05, 0) is 36.6 Å². The van der Waals surface area contributed by atoms with E-state index < -0.39 is 6.09 Å². The lowest BCUT2D eigenvalue weighted by Gasteiger charge is -2.09. The predicted molar refractivity (Wildman–Crippen MR) is 107 cm³/mol. The SMILES string of the molecule is CCOC(=O)Nc1cccc(-c2ccnc3c(C(=O)c4cccs4)cnn23)c1. The van der Waals surface area contributed by atoms with Crippen molar-refractivity contribution in [2.75, 3.05) is 11.9 Å². The average molecular weight is 392 g/mol. The number of carbonyl (C=O) groups is 2. The second-order valence-electron chi connectivity index (χ2n) is 5.86. The lowest BCUT2D eigenvalue weighted by atomic mass is 10.1. The summed E-state index contributed by atoms with van der Waals surface area (Å²) < 4.78 is 6.54. The van der Waals surface area contributed by atoms with E-state index in [0.29, 0.717) is 28.4 Å². The van der Waals surface area contributed by atoms with E-state index in [9.17, 15) is 9.59 Å². The van der Waals surface area contributed by atoms with Crippen LogP contribution in [0.3, 0.4) is 0 Å². The van der Waals surface area contributed by atoms with E-state index in [1.165, 1.54) is 17.5 Å². The average Bonchev–Trinajstić information content (AvgIpc) is 3.38. The fourth-order valence-corrected chi connectivity index (χ4v) is 3.53. The molecule has 140 valence electrons. The molecule has 4 rings (SSSR count). The van der Waals surface area contributed by atoms with Crippen LogP contribution in [0, 0.1) is 0 Å². The van der Waals surface area contributed by atoms with E-state index >= 15 is 0 Å². The minimum absolute atomic E-state index is 0.104. The van der Waals surface area contributed by atoms with Crippen LogP contribution in [0.15, 0.2) is 60.2 Å². The first-order chi connectivity index (χ1) is 13.7. The Kier molecular flexibility index (Phi) is 4.86. The number of ether oxygens (including phenoxy) is 1. The van der Waals surface area contributed by atoms with E-state index in [-0.39, 0.29) is 5.78 Å². The maximum atomic E-state index is 12.7. The fraction of sp³-hybridized carbons (Fsp3) is 0.100. The van der Waals surface area contributed by atoms with Gasteiger partial charge in [-0.3, -0.25) is 10.1 Å². The van der Waals surface area contributed by atoms with Crippen molar-refractivity contribution in [1.29, 1.82) is 0 Å². The molecular weight excluding hydrogens is 376 g/mol. The molecule has 7 nitrogen and oxygen atoms in total. The van der Waals surface area contributed by atoms with Crippen LogP contribution in [0.5, 0.6) is 0 Å². The molecule has 0 bridgehead atoms. The highest BCUT2D eigenvalue weighted by atomic mass is 32.1. The number of amides is 1. The molecule has 0 unspecified atom stereocenters. The number of aromatic nitrogens is 3. The Labute approximate surface area is 164 Å². The summed E-state index contributed by atoms with van der Waals surface area (Å²) in [6.07, 6.45) is 2.67. The van der Waals surface area contributed by atoms with Crippen LogP contribution in [0.25, 0.3) is 16.9 Å². The van der Waals surface area contributed by atoms with Crippen LogP contribution in [0.4, 0.5) is 10.5 Å². The van der Waals surface area contributed by atoms with Gasteiger partial charge in [0.05, 0.1) is 28.9 Å². The summed E-state index contributed by atoms with van der Waals surface area (Å²) >= 11 is 1.38.